The average Bonchev–Trinajstić information content (AvgIpc) is 1.94. The van der Waals surface area contributed by atoms with Crippen LogP contribution in [0.2, 0.25) is 0 Å². The number of morpholine rings is 1. The molecular formula is C7H15NO2. The highest BCUT2D eigenvalue weighted by atomic mass is 16.5. The van der Waals surface area contributed by atoms with Gasteiger partial charge in [0.05, 0.1) is 26.4 Å². The Morgan fingerprint density at radius 2 is 2.60 bits per heavy atom. The van der Waals surface area contributed by atoms with Crippen molar-refractivity contribution < 1.29 is 14.4 Å². The minimum Gasteiger partial charge on any atom is -0.460 e. The van der Waals surface area contributed by atoms with Crippen LogP contribution in [0.4, 0.5) is 0 Å². The van der Waals surface area contributed by atoms with E-state index in [1.807, 2.05) is 0 Å². The van der Waals surface area contributed by atoms with E-state index in [1.54, 1.807) is 7.11 Å². The van der Waals surface area contributed by atoms with Crippen LogP contribution in [-0.2, 0) is 9.47 Å². The molecule has 0 saturated carbocycles. The van der Waals surface area contributed by atoms with Crippen molar-refractivity contribution in [2.45, 2.75) is 6.04 Å². The Hall–Kier alpha value is -0.120. The van der Waals surface area contributed by atoms with Crippen LogP contribution in [0.3, 0.4) is 0 Å². The van der Waals surface area contributed by atoms with Gasteiger partial charge in [0, 0.05) is 7.11 Å². The molecule has 10 heavy (non-hydrogen) atoms. The van der Waals surface area contributed by atoms with Crippen molar-refractivity contribution >= 4 is 0 Å². The van der Waals surface area contributed by atoms with E-state index in [9.17, 15) is 0 Å². The van der Waals surface area contributed by atoms with Crippen molar-refractivity contribution in [3.8, 4) is 0 Å². The van der Waals surface area contributed by atoms with Crippen LogP contribution >= 0.6 is 0 Å². The fourth-order valence-electron chi connectivity index (χ4n) is 1.12. The fraction of sp³-hybridized carbons (Fsp3) is 0.857. The van der Waals surface area contributed by atoms with Crippen LogP contribution in [0.25, 0.3) is 0 Å². The van der Waals surface area contributed by atoms with Gasteiger partial charge in [0.2, 0.25) is 0 Å². The molecule has 0 amide bonds. The monoisotopic (exact) mass is 145 g/mol. The number of nitrogens with one attached hydrogen (secondary N) is 1. The molecule has 3 nitrogen and oxygen atoms in total. The van der Waals surface area contributed by atoms with E-state index in [1.165, 1.54) is 4.90 Å². The Bertz CT molecular complexity index is 95.6. The molecule has 0 aliphatic carbocycles. The van der Waals surface area contributed by atoms with Crippen molar-refractivity contribution in [3.05, 3.63) is 7.05 Å². The predicted molar refractivity (Wildman–Crippen MR) is 37.7 cm³/mol. The molecule has 60 valence electrons. The molecule has 1 N–H and O–H groups in total. The molecule has 0 aromatic rings. The second-order valence-electron chi connectivity index (χ2n) is 2.64. The summed E-state index contributed by atoms with van der Waals surface area (Å²) in [6.45, 7) is 3.36. The lowest BCUT2D eigenvalue weighted by Gasteiger charge is -2.34. The van der Waals surface area contributed by atoms with Gasteiger partial charge in [0.15, 0.2) is 0 Å². The first-order chi connectivity index (χ1) is 4.84. The van der Waals surface area contributed by atoms with Crippen LogP contribution in [-0.4, -0.2) is 39.5 Å². The van der Waals surface area contributed by atoms with Crippen LogP contribution in [0.5, 0.6) is 0 Å². The maximum absolute atomic E-state index is 5.26. The average molecular weight is 145 g/mol. The summed E-state index contributed by atoms with van der Waals surface area (Å²) in [6.07, 6.45) is 0. The maximum Gasteiger partial charge on any atom is 0.111 e. The molecule has 1 heterocycles. The van der Waals surface area contributed by atoms with Crippen molar-refractivity contribution in [1.29, 1.82) is 0 Å². The van der Waals surface area contributed by atoms with Gasteiger partial charge in [-0.15, -0.1) is 0 Å². The molecule has 3 heteroatoms. The van der Waals surface area contributed by atoms with Crippen molar-refractivity contribution in [2.75, 3.05) is 33.5 Å². The topological polar surface area (TPSA) is 22.9 Å². The molecule has 1 fully saturated rings. The Labute approximate surface area is 61.9 Å². The number of rotatable bonds is 2. The lowest BCUT2D eigenvalue weighted by molar-refractivity contribution is -0.891. The standard InChI is InChI=1S/C7H15NO2/c1-8-3-4-10-6-7(8)5-9-2/h7-8H,1,3-6H2,2H3/t7-/m1/s1. The zero-order chi connectivity index (χ0) is 7.40. The molecule has 2 atom stereocenters. The van der Waals surface area contributed by atoms with Crippen LogP contribution < -0.4 is 4.90 Å². The second kappa shape index (κ2) is 3.91. The van der Waals surface area contributed by atoms with E-state index < -0.39 is 0 Å². The molecule has 0 aromatic carbocycles. The van der Waals surface area contributed by atoms with Crippen molar-refractivity contribution in [1.82, 2.24) is 0 Å². The summed E-state index contributed by atoms with van der Waals surface area (Å²) < 4.78 is 10.3. The third-order valence-corrected chi connectivity index (χ3v) is 1.83. The van der Waals surface area contributed by atoms with Gasteiger partial charge < -0.3 is 14.4 Å². The normalized spacial score (nSPS) is 34.2. The summed E-state index contributed by atoms with van der Waals surface area (Å²) >= 11 is 0. The van der Waals surface area contributed by atoms with E-state index in [2.05, 4.69) is 7.05 Å². The molecule has 1 unspecified atom stereocenters. The first-order valence-corrected chi connectivity index (χ1v) is 3.59. The summed E-state index contributed by atoms with van der Waals surface area (Å²) in [5, 5.41) is 0. The number of methoxy groups -OCH3 is 1. The molecule has 0 aromatic heterocycles. The molecule has 0 spiro atoms. The SMILES string of the molecule is [CH2-][NH+]1CCOC[C@H]1COC. The van der Waals surface area contributed by atoms with Gasteiger partial charge in [0.1, 0.15) is 6.04 Å². The fourth-order valence-corrected chi connectivity index (χ4v) is 1.12. The summed E-state index contributed by atoms with van der Waals surface area (Å²) in [6, 6.07) is 0.429. The number of hydrogen-bond donors (Lipinski definition) is 1. The van der Waals surface area contributed by atoms with Crippen LogP contribution in [0.15, 0.2) is 0 Å². The van der Waals surface area contributed by atoms with E-state index in [0.29, 0.717) is 6.04 Å². The first kappa shape index (κ1) is 7.98. The third kappa shape index (κ3) is 1.94. The smallest absolute Gasteiger partial charge is 0.111 e. The number of ether oxygens (including phenoxy) is 2. The lowest BCUT2D eigenvalue weighted by atomic mass is 10.2. The van der Waals surface area contributed by atoms with Gasteiger partial charge in [-0.1, -0.05) is 0 Å². The van der Waals surface area contributed by atoms with Gasteiger partial charge in [-0.2, -0.15) is 7.05 Å². The van der Waals surface area contributed by atoms with E-state index >= 15 is 0 Å². The van der Waals surface area contributed by atoms with Gasteiger partial charge in [-0.25, -0.2) is 0 Å². The zero-order valence-corrected chi connectivity index (χ0v) is 6.43. The van der Waals surface area contributed by atoms with Crippen LogP contribution in [0, 0.1) is 7.05 Å². The Kier molecular flexibility index (Phi) is 3.12. The van der Waals surface area contributed by atoms with E-state index in [4.69, 9.17) is 9.47 Å². The van der Waals surface area contributed by atoms with Crippen molar-refractivity contribution in [2.24, 2.45) is 0 Å². The summed E-state index contributed by atoms with van der Waals surface area (Å²) in [5.74, 6) is 0. The highest BCUT2D eigenvalue weighted by molar-refractivity contribution is 4.56. The second-order valence-corrected chi connectivity index (χ2v) is 2.64. The summed E-state index contributed by atoms with van der Waals surface area (Å²) in [7, 11) is 5.66. The highest BCUT2D eigenvalue weighted by Crippen LogP contribution is 1.87. The maximum atomic E-state index is 5.26. The number of hydrogen-bond acceptors (Lipinski definition) is 2. The Morgan fingerprint density at radius 1 is 1.80 bits per heavy atom. The summed E-state index contributed by atoms with van der Waals surface area (Å²) in [5.41, 5.74) is 0. The Balaban J connectivity index is 2.25. The predicted octanol–water partition coefficient (Wildman–Crippen LogP) is -1.29. The molecular weight excluding hydrogens is 130 g/mol. The quantitative estimate of drug-likeness (QED) is 0.488. The van der Waals surface area contributed by atoms with Gasteiger partial charge in [-0.05, 0) is 0 Å². The molecule has 0 radical (unpaired) electrons. The van der Waals surface area contributed by atoms with Crippen LogP contribution in [0.1, 0.15) is 0 Å². The summed E-state index contributed by atoms with van der Waals surface area (Å²) in [4.78, 5) is 1.27. The first-order valence-electron chi connectivity index (χ1n) is 3.59. The lowest BCUT2D eigenvalue weighted by Crippen LogP contribution is -3.14. The molecule has 1 aliphatic heterocycles. The number of quaternary nitrogens is 1. The third-order valence-electron chi connectivity index (χ3n) is 1.83. The highest BCUT2D eigenvalue weighted by Gasteiger charge is 2.18. The van der Waals surface area contributed by atoms with Crippen molar-refractivity contribution in [3.63, 3.8) is 0 Å². The Morgan fingerprint density at radius 3 is 3.20 bits per heavy atom. The minimum atomic E-state index is 0.429. The molecule has 0 bridgehead atoms. The molecule has 1 aliphatic rings. The largest absolute Gasteiger partial charge is 0.460 e. The van der Waals surface area contributed by atoms with Gasteiger partial charge in [-0.3, -0.25) is 0 Å². The molecule has 1 rings (SSSR count). The van der Waals surface area contributed by atoms with Gasteiger partial charge >= 0.3 is 0 Å². The molecule has 1 saturated heterocycles. The zero-order valence-electron chi connectivity index (χ0n) is 6.43. The van der Waals surface area contributed by atoms with E-state index in [-0.39, 0.29) is 0 Å². The minimum absolute atomic E-state index is 0.429. The van der Waals surface area contributed by atoms with E-state index in [0.717, 1.165) is 26.4 Å². The van der Waals surface area contributed by atoms with Gasteiger partial charge in [0.25, 0.3) is 0 Å².